The van der Waals surface area contributed by atoms with Crippen molar-refractivity contribution < 1.29 is 14.1 Å². The lowest BCUT2D eigenvalue weighted by Gasteiger charge is -2.05. The highest BCUT2D eigenvalue weighted by Crippen LogP contribution is 2.14. The fraction of sp³-hybridized carbons (Fsp3) is 0.118. The fourth-order valence-corrected chi connectivity index (χ4v) is 2.06. The SMILES string of the molecule is CC(=O)c1ccc(NC(=O)c2ccc(Nc3cc(C)on3)nn2)cc1. The molecule has 1 aromatic carbocycles. The summed E-state index contributed by atoms with van der Waals surface area (Å²) in [5, 5.41) is 17.2. The van der Waals surface area contributed by atoms with Crippen LogP contribution < -0.4 is 10.6 Å². The number of nitrogens with zero attached hydrogens (tertiary/aromatic N) is 3. The van der Waals surface area contributed by atoms with E-state index < -0.39 is 5.91 Å². The van der Waals surface area contributed by atoms with Gasteiger partial charge in [0.1, 0.15) is 5.76 Å². The number of anilines is 3. The summed E-state index contributed by atoms with van der Waals surface area (Å²) in [5.74, 6) is 1.19. The van der Waals surface area contributed by atoms with Gasteiger partial charge in [0.25, 0.3) is 5.91 Å². The van der Waals surface area contributed by atoms with Gasteiger partial charge in [0.15, 0.2) is 23.1 Å². The zero-order valence-electron chi connectivity index (χ0n) is 13.6. The van der Waals surface area contributed by atoms with E-state index in [9.17, 15) is 9.59 Å². The van der Waals surface area contributed by atoms with E-state index in [1.165, 1.54) is 6.92 Å². The van der Waals surface area contributed by atoms with Crippen molar-refractivity contribution in [2.24, 2.45) is 0 Å². The Labute approximate surface area is 143 Å². The first-order valence-electron chi connectivity index (χ1n) is 7.48. The highest BCUT2D eigenvalue weighted by Gasteiger charge is 2.10. The summed E-state index contributed by atoms with van der Waals surface area (Å²) in [7, 11) is 0. The summed E-state index contributed by atoms with van der Waals surface area (Å²) in [6.45, 7) is 3.26. The van der Waals surface area contributed by atoms with Gasteiger partial charge >= 0.3 is 0 Å². The highest BCUT2D eigenvalue weighted by molar-refractivity contribution is 6.03. The van der Waals surface area contributed by atoms with Gasteiger partial charge in [0.05, 0.1) is 0 Å². The molecule has 8 nitrogen and oxygen atoms in total. The molecular formula is C17H15N5O3. The number of carbonyl (C=O) groups excluding carboxylic acids is 2. The monoisotopic (exact) mass is 337 g/mol. The number of aryl methyl sites for hydroxylation is 1. The van der Waals surface area contributed by atoms with Crippen molar-refractivity contribution in [2.75, 3.05) is 10.6 Å². The van der Waals surface area contributed by atoms with Crippen LogP contribution in [0.2, 0.25) is 0 Å². The number of hydrogen-bond donors (Lipinski definition) is 2. The van der Waals surface area contributed by atoms with Gasteiger partial charge in [-0.2, -0.15) is 0 Å². The average Bonchev–Trinajstić information content (AvgIpc) is 3.01. The molecule has 3 aromatic rings. The van der Waals surface area contributed by atoms with E-state index in [1.54, 1.807) is 49.4 Å². The molecule has 0 saturated carbocycles. The van der Waals surface area contributed by atoms with Crippen molar-refractivity contribution in [3.8, 4) is 0 Å². The molecule has 0 bridgehead atoms. The third-order valence-corrected chi connectivity index (χ3v) is 3.33. The van der Waals surface area contributed by atoms with Crippen LogP contribution in [0.5, 0.6) is 0 Å². The molecule has 0 unspecified atom stereocenters. The Bertz CT molecular complexity index is 901. The van der Waals surface area contributed by atoms with E-state index in [-0.39, 0.29) is 11.5 Å². The summed E-state index contributed by atoms with van der Waals surface area (Å²) in [6.07, 6.45) is 0. The maximum Gasteiger partial charge on any atom is 0.276 e. The van der Waals surface area contributed by atoms with Crippen molar-refractivity contribution in [1.29, 1.82) is 0 Å². The number of hydrogen-bond acceptors (Lipinski definition) is 7. The van der Waals surface area contributed by atoms with Gasteiger partial charge < -0.3 is 15.2 Å². The minimum Gasteiger partial charge on any atom is -0.360 e. The van der Waals surface area contributed by atoms with Crippen LogP contribution in [0.3, 0.4) is 0 Å². The van der Waals surface area contributed by atoms with Crippen LogP contribution in [0, 0.1) is 6.92 Å². The zero-order valence-corrected chi connectivity index (χ0v) is 13.6. The second kappa shape index (κ2) is 6.91. The maximum absolute atomic E-state index is 12.2. The quantitative estimate of drug-likeness (QED) is 0.689. The first-order chi connectivity index (χ1) is 12.0. The van der Waals surface area contributed by atoms with Crippen molar-refractivity contribution in [2.45, 2.75) is 13.8 Å². The van der Waals surface area contributed by atoms with Crippen molar-refractivity contribution in [3.63, 3.8) is 0 Å². The van der Waals surface area contributed by atoms with Crippen molar-refractivity contribution >= 4 is 29.0 Å². The highest BCUT2D eigenvalue weighted by atomic mass is 16.5. The zero-order chi connectivity index (χ0) is 17.8. The van der Waals surface area contributed by atoms with Gasteiger partial charge in [-0.15, -0.1) is 10.2 Å². The molecular weight excluding hydrogens is 322 g/mol. The van der Waals surface area contributed by atoms with Gasteiger partial charge in [-0.05, 0) is 50.2 Å². The third-order valence-electron chi connectivity index (χ3n) is 3.33. The van der Waals surface area contributed by atoms with E-state index in [0.29, 0.717) is 28.6 Å². The van der Waals surface area contributed by atoms with Gasteiger partial charge in [-0.1, -0.05) is 5.16 Å². The van der Waals surface area contributed by atoms with Crippen LogP contribution >= 0.6 is 0 Å². The molecule has 25 heavy (non-hydrogen) atoms. The molecule has 0 fully saturated rings. The van der Waals surface area contributed by atoms with Gasteiger partial charge in [0, 0.05) is 17.3 Å². The number of carbonyl (C=O) groups is 2. The lowest BCUT2D eigenvalue weighted by atomic mass is 10.1. The second-order valence-corrected chi connectivity index (χ2v) is 5.34. The number of Topliss-reactive ketones (excluding diaryl/α,β-unsaturated/α-hetero) is 1. The van der Waals surface area contributed by atoms with E-state index in [1.807, 2.05) is 0 Å². The molecule has 0 aliphatic rings. The summed E-state index contributed by atoms with van der Waals surface area (Å²) in [5.41, 5.74) is 1.31. The first kappa shape index (κ1) is 16.3. The van der Waals surface area contributed by atoms with Crippen LogP contribution in [0.4, 0.5) is 17.3 Å². The van der Waals surface area contributed by atoms with E-state index in [2.05, 4.69) is 26.0 Å². The van der Waals surface area contributed by atoms with Crippen LogP contribution in [0.15, 0.2) is 47.0 Å². The normalized spacial score (nSPS) is 10.3. The number of nitrogens with one attached hydrogen (secondary N) is 2. The Balaban J connectivity index is 1.65. The molecule has 0 aliphatic heterocycles. The molecule has 2 heterocycles. The average molecular weight is 337 g/mol. The molecule has 1 amide bonds. The molecule has 0 spiro atoms. The van der Waals surface area contributed by atoms with Gasteiger partial charge in [-0.25, -0.2) is 0 Å². The minimum atomic E-state index is -0.396. The van der Waals surface area contributed by atoms with Crippen molar-refractivity contribution in [3.05, 3.63) is 59.5 Å². The Hall–Kier alpha value is -3.55. The lowest BCUT2D eigenvalue weighted by molar-refractivity contribution is 0.101. The Morgan fingerprint density at radius 1 is 1.00 bits per heavy atom. The van der Waals surface area contributed by atoms with E-state index in [0.717, 1.165) is 0 Å². The van der Waals surface area contributed by atoms with E-state index in [4.69, 9.17) is 4.52 Å². The molecule has 2 aromatic heterocycles. The van der Waals surface area contributed by atoms with Gasteiger partial charge in [0.2, 0.25) is 0 Å². The summed E-state index contributed by atoms with van der Waals surface area (Å²) < 4.78 is 4.94. The topological polar surface area (TPSA) is 110 Å². The predicted octanol–water partition coefficient (Wildman–Crippen LogP) is 2.97. The largest absolute Gasteiger partial charge is 0.360 e. The third kappa shape index (κ3) is 4.05. The van der Waals surface area contributed by atoms with Crippen molar-refractivity contribution in [1.82, 2.24) is 15.4 Å². The number of rotatable bonds is 5. The molecule has 126 valence electrons. The molecule has 2 N–H and O–H groups in total. The number of ketones is 1. The molecule has 0 saturated heterocycles. The summed E-state index contributed by atoms with van der Waals surface area (Å²) >= 11 is 0. The first-order valence-corrected chi connectivity index (χ1v) is 7.48. The summed E-state index contributed by atoms with van der Waals surface area (Å²) in [6, 6.07) is 11.5. The Kier molecular flexibility index (Phi) is 4.51. The molecule has 3 rings (SSSR count). The Morgan fingerprint density at radius 2 is 1.76 bits per heavy atom. The molecule has 8 heteroatoms. The van der Waals surface area contributed by atoms with E-state index >= 15 is 0 Å². The molecule has 0 radical (unpaired) electrons. The predicted molar refractivity (Wildman–Crippen MR) is 91.0 cm³/mol. The smallest absolute Gasteiger partial charge is 0.276 e. The van der Waals surface area contributed by atoms with Crippen LogP contribution in [-0.2, 0) is 0 Å². The van der Waals surface area contributed by atoms with Crippen LogP contribution in [-0.4, -0.2) is 27.0 Å². The number of aromatic nitrogens is 3. The second-order valence-electron chi connectivity index (χ2n) is 5.34. The van der Waals surface area contributed by atoms with Crippen LogP contribution in [0.25, 0.3) is 0 Å². The van der Waals surface area contributed by atoms with Gasteiger partial charge in [-0.3, -0.25) is 9.59 Å². The standard InChI is InChI=1S/C17H15N5O3/c1-10-9-16(22-25-10)19-15-8-7-14(20-21-15)17(24)18-13-5-3-12(4-6-13)11(2)23/h3-9H,1-2H3,(H,18,24)(H,19,21,22). The number of benzene rings is 1. The number of amides is 1. The lowest BCUT2D eigenvalue weighted by Crippen LogP contribution is -2.14. The molecule has 0 aliphatic carbocycles. The van der Waals surface area contributed by atoms with Crippen LogP contribution in [0.1, 0.15) is 33.5 Å². The minimum absolute atomic E-state index is 0.0332. The summed E-state index contributed by atoms with van der Waals surface area (Å²) in [4.78, 5) is 23.4. The maximum atomic E-state index is 12.2. The Morgan fingerprint density at radius 3 is 2.32 bits per heavy atom. The molecule has 0 atom stereocenters. The fourth-order valence-electron chi connectivity index (χ4n) is 2.06.